The number of benzene rings is 1. The van der Waals surface area contributed by atoms with Gasteiger partial charge < -0.3 is 4.90 Å². The molecule has 5 nitrogen and oxygen atoms in total. The minimum absolute atomic E-state index is 0.219. The fraction of sp³-hybridized carbons (Fsp3) is 0.318. The summed E-state index contributed by atoms with van der Waals surface area (Å²) >= 11 is 6.02. The van der Waals surface area contributed by atoms with Crippen molar-refractivity contribution in [1.29, 1.82) is 0 Å². The molecule has 1 aromatic heterocycles. The first-order valence-corrected chi connectivity index (χ1v) is 9.92. The van der Waals surface area contributed by atoms with Crippen molar-refractivity contribution in [3.63, 3.8) is 0 Å². The average Bonchev–Trinajstić information content (AvgIpc) is 2.95. The summed E-state index contributed by atoms with van der Waals surface area (Å²) in [6.45, 7) is 4.01. The number of piperidine rings is 1. The van der Waals surface area contributed by atoms with Gasteiger partial charge in [-0.05, 0) is 48.1 Å². The molecule has 0 atom stereocenters. The maximum absolute atomic E-state index is 13.3. The number of imide groups is 1. The van der Waals surface area contributed by atoms with Crippen LogP contribution in [0.5, 0.6) is 0 Å². The Morgan fingerprint density at radius 2 is 1.79 bits per heavy atom. The van der Waals surface area contributed by atoms with Gasteiger partial charge in [0.15, 0.2) is 0 Å². The fourth-order valence-electron chi connectivity index (χ4n) is 3.78. The van der Waals surface area contributed by atoms with Crippen LogP contribution in [0.4, 0.5) is 0 Å². The zero-order valence-electron chi connectivity index (χ0n) is 15.8. The van der Waals surface area contributed by atoms with Gasteiger partial charge in [0.1, 0.15) is 5.70 Å². The van der Waals surface area contributed by atoms with Crippen molar-refractivity contribution in [3.8, 4) is 0 Å². The molecule has 4 rings (SSSR count). The highest BCUT2D eigenvalue weighted by Gasteiger charge is 2.42. The molecule has 144 valence electrons. The first-order chi connectivity index (χ1) is 13.5. The van der Waals surface area contributed by atoms with E-state index in [0.717, 1.165) is 37.1 Å². The molecule has 3 heterocycles. The number of aromatic nitrogens is 1. The molecular weight excluding hydrogens is 374 g/mol. The Kier molecular flexibility index (Phi) is 5.18. The van der Waals surface area contributed by atoms with Crippen LogP contribution in [-0.4, -0.2) is 39.7 Å². The van der Waals surface area contributed by atoms with Crippen LogP contribution in [0.3, 0.4) is 0 Å². The van der Waals surface area contributed by atoms with Crippen molar-refractivity contribution in [3.05, 3.63) is 70.6 Å². The molecule has 28 heavy (non-hydrogen) atoms. The van der Waals surface area contributed by atoms with E-state index in [0.29, 0.717) is 22.2 Å². The lowest BCUT2D eigenvalue weighted by Gasteiger charge is -2.32. The van der Waals surface area contributed by atoms with Crippen molar-refractivity contribution in [1.82, 2.24) is 14.8 Å². The molecule has 2 aliphatic rings. The van der Waals surface area contributed by atoms with Gasteiger partial charge in [0, 0.05) is 30.5 Å². The summed E-state index contributed by atoms with van der Waals surface area (Å²) in [5, 5.41) is 0.599. The SMILES string of the molecule is CC1CCN(C2=C(c3ccc(Cl)cc3)C(=O)N(Cc3cccnc3)C2=O)CC1. The number of halogens is 1. The van der Waals surface area contributed by atoms with Crippen LogP contribution in [0.25, 0.3) is 5.57 Å². The summed E-state index contributed by atoms with van der Waals surface area (Å²) in [7, 11) is 0. The molecule has 1 saturated heterocycles. The monoisotopic (exact) mass is 395 g/mol. The Morgan fingerprint density at radius 3 is 2.43 bits per heavy atom. The van der Waals surface area contributed by atoms with Crippen LogP contribution >= 0.6 is 11.6 Å². The Morgan fingerprint density at radius 1 is 1.07 bits per heavy atom. The average molecular weight is 396 g/mol. The van der Waals surface area contributed by atoms with Gasteiger partial charge in [0.25, 0.3) is 11.8 Å². The third kappa shape index (κ3) is 3.54. The lowest BCUT2D eigenvalue weighted by atomic mass is 9.97. The van der Waals surface area contributed by atoms with E-state index in [1.54, 1.807) is 30.6 Å². The third-order valence-corrected chi connectivity index (χ3v) is 5.69. The van der Waals surface area contributed by atoms with Gasteiger partial charge in [0.05, 0.1) is 12.1 Å². The zero-order valence-corrected chi connectivity index (χ0v) is 16.5. The van der Waals surface area contributed by atoms with E-state index in [1.165, 1.54) is 4.90 Å². The lowest BCUT2D eigenvalue weighted by molar-refractivity contribution is -0.138. The van der Waals surface area contributed by atoms with Crippen LogP contribution in [-0.2, 0) is 16.1 Å². The zero-order chi connectivity index (χ0) is 19.7. The van der Waals surface area contributed by atoms with Gasteiger partial charge in [-0.3, -0.25) is 19.5 Å². The van der Waals surface area contributed by atoms with E-state index >= 15 is 0 Å². The second kappa shape index (κ2) is 7.76. The number of amides is 2. The molecule has 2 aliphatic heterocycles. The van der Waals surface area contributed by atoms with Gasteiger partial charge in [0.2, 0.25) is 0 Å². The van der Waals surface area contributed by atoms with E-state index in [4.69, 9.17) is 11.6 Å². The summed E-state index contributed by atoms with van der Waals surface area (Å²) in [6, 6.07) is 10.8. The first-order valence-electron chi connectivity index (χ1n) is 9.55. The van der Waals surface area contributed by atoms with E-state index < -0.39 is 0 Å². The van der Waals surface area contributed by atoms with Crippen molar-refractivity contribution in [2.75, 3.05) is 13.1 Å². The topological polar surface area (TPSA) is 53.5 Å². The van der Waals surface area contributed by atoms with Crippen molar-refractivity contribution >= 4 is 29.0 Å². The standard InChI is InChI=1S/C22H22ClN3O2/c1-15-8-11-25(12-9-15)20-19(17-4-6-18(23)7-5-17)21(27)26(22(20)28)14-16-3-2-10-24-13-16/h2-7,10,13,15H,8-9,11-12,14H2,1H3. The molecule has 2 aromatic rings. The second-order valence-corrected chi connectivity index (χ2v) is 7.89. The number of rotatable bonds is 4. The summed E-state index contributed by atoms with van der Waals surface area (Å²) in [5.74, 6) is 0.146. The highest BCUT2D eigenvalue weighted by atomic mass is 35.5. The maximum atomic E-state index is 13.3. The molecule has 1 aromatic carbocycles. The normalized spacial score (nSPS) is 18.4. The minimum Gasteiger partial charge on any atom is -0.366 e. The van der Waals surface area contributed by atoms with Gasteiger partial charge in [-0.1, -0.05) is 36.7 Å². The number of hydrogen-bond donors (Lipinski definition) is 0. The molecule has 1 fully saturated rings. The van der Waals surface area contributed by atoms with E-state index in [-0.39, 0.29) is 18.4 Å². The third-order valence-electron chi connectivity index (χ3n) is 5.44. The largest absolute Gasteiger partial charge is 0.366 e. The van der Waals surface area contributed by atoms with Crippen LogP contribution in [0, 0.1) is 5.92 Å². The Balaban J connectivity index is 1.72. The number of nitrogens with zero attached hydrogens (tertiary/aromatic N) is 3. The van der Waals surface area contributed by atoms with Gasteiger partial charge in [-0.15, -0.1) is 0 Å². The van der Waals surface area contributed by atoms with E-state index in [9.17, 15) is 9.59 Å². The molecule has 0 spiro atoms. The lowest BCUT2D eigenvalue weighted by Crippen LogP contribution is -2.38. The van der Waals surface area contributed by atoms with Crippen LogP contribution in [0.15, 0.2) is 54.5 Å². The Hall–Kier alpha value is -2.66. The number of carbonyl (C=O) groups is 2. The van der Waals surface area contributed by atoms with Crippen LogP contribution < -0.4 is 0 Å². The highest BCUT2D eigenvalue weighted by Crippen LogP contribution is 2.34. The van der Waals surface area contributed by atoms with Crippen LogP contribution in [0.1, 0.15) is 30.9 Å². The molecule has 0 unspecified atom stereocenters. The van der Waals surface area contributed by atoms with Gasteiger partial charge >= 0.3 is 0 Å². The van der Waals surface area contributed by atoms with E-state index in [2.05, 4.69) is 16.8 Å². The molecule has 0 saturated carbocycles. The highest BCUT2D eigenvalue weighted by molar-refractivity contribution is 6.35. The molecule has 0 radical (unpaired) electrons. The van der Waals surface area contributed by atoms with Gasteiger partial charge in [-0.25, -0.2) is 0 Å². The molecular formula is C22H22ClN3O2. The second-order valence-electron chi connectivity index (χ2n) is 7.46. The Bertz CT molecular complexity index is 917. The molecule has 0 bridgehead atoms. The van der Waals surface area contributed by atoms with E-state index in [1.807, 2.05) is 18.2 Å². The summed E-state index contributed by atoms with van der Waals surface area (Å²) in [5.41, 5.74) is 2.54. The summed E-state index contributed by atoms with van der Waals surface area (Å²) < 4.78 is 0. The smallest absolute Gasteiger partial charge is 0.278 e. The predicted molar refractivity (Wildman–Crippen MR) is 108 cm³/mol. The molecule has 0 N–H and O–H groups in total. The Labute approximate surface area is 169 Å². The fourth-order valence-corrected chi connectivity index (χ4v) is 3.91. The van der Waals surface area contributed by atoms with Crippen molar-refractivity contribution in [2.45, 2.75) is 26.3 Å². The number of hydrogen-bond acceptors (Lipinski definition) is 4. The summed E-state index contributed by atoms with van der Waals surface area (Å²) in [4.78, 5) is 34.1. The summed E-state index contributed by atoms with van der Waals surface area (Å²) in [6.07, 6.45) is 5.39. The van der Waals surface area contributed by atoms with Crippen LogP contribution in [0.2, 0.25) is 5.02 Å². The molecule has 0 aliphatic carbocycles. The van der Waals surface area contributed by atoms with Crippen molar-refractivity contribution < 1.29 is 9.59 Å². The minimum atomic E-state index is -0.259. The molecule has 2 amide bonds. The van der Waals surface area contributed by atoms with Crippen molar-refractivity contribution in [2.24, 2.45) is 5.92 Å². The number of carbonyl (C=O) groups excluding carboxylic acids is 2. The maximum Gasteiger partial charge on any atom is 0.278 e. The first kappa shape index (κ1) is 18.7. The molecule has 6 heteroatoms. The van der Waals surface area contributed by atoms with Gasteiger partial charge in [-0.2, -0.15) is 0 Å². The number of likely N-dealkylation sites (tertiary alicyclic amines) is 1. The number of pyridine rings is 1. The predicted octanol–water partition coefficient (Wildman–Crippen LogP) is 3.75. The quantitative estimate of drug-likeness (QED) is 0.740.